The van der Waals surface area contributed by atoms with Gasteiger partial charge in [-0.05, 0) is 23.7 Å². The molecule has 140 valence electrons. The van der Waals surface area contributed by atoms with Gasteiger partial charge in [-0.3, -0.25) is 0 Å². The van der Waals surface area contributed by atoms with Crippen molar-refractivity contribution in [3.63, 3.8) is 0 Å². The fraction of sp³-hybridized carbons (Fsp3) is 1.00. The second-order valence-corrected chi connectivity index (χ2v) is 7.95. The molecule has 0 aliphatic rings. The summed E-state index contributed by atoms with van der Waals surface area (Å²) in [5.74, 6) is 0. The average molecular weight is 334 g/mol. The Labute approximate surface area is 141 Å². The van der Waals surface area contributed by atoms with Crippen LogP contribution in [0, 0.1) is 10.8 Å². The molecular formula is C18H38O5. The maximum Gasteiger partial charge on any atom is 0.104 e. The van der Waals surface area contributed by atoms with Crippen molar-refractivity contribution in [1.82, 2.24) is 0 Å². The molecule has 0 aliphatic heterocycles. The smallest absolute Gasteiger partial charge is 0.104 e. The van der Waals surface area contributed by atoms with E-state index in [2.05, 4.69) is 13.8 Å². The van der Waals surface area contributed by atoms with E-state index in [0.717, 1.165) is 25.7 Å². The predicted octanol–water partition coefficient (Wildman–Crippen LogP) is 2.10. The number of rotatable bonds is 12. The lowest BCUT2D eigenvalue weighted by atomic mass is 9.77. The summed E-state index contributed by atoms with van der Waals surface area (Å²) < 4.78 is 6.17. The normalized spacial score (nSPS) is 18.5. The molecule has 0 bridgehead atoms. The SMILES string of the molecule is CCCC(C)(C)C(OC(C(O)CO)C(C)(C)CCC)C(O)CO. The van der Waals surface area contributed by atoms with Crippen LogP contribution in [0.1, 0.15) is 67.2 Å². The van der Waals surface area contributed by atoms with Gasteiger partial charge in [0.15, 0.2) is 0 Å². The van der Waals surface area contributed by atoms with Crippen LogP contribution in [0.2, 0.25) is 0 Å². The van der Waals surface area contributed by atoms with Gasteiger partial charge in [-0.2, -0.15) is 0 Å². The number of ether oxygens (including phenoxy) is 1. The minimum absolute atomic E-state index is 0.355. The molecule has 0 rings (SSSR count). The predicted molar refractivity (Wildman–Crippen MR) is 92.2 cm³/mol. The molecule has 5 nitrogen and oxygen atoms in total. The molecule has 23 heavy (non-hydrogen) atoms. The first-order valence-electron chi connectivity index (χ1n) is 8.80. The Hall–Kier alpha value is -0.200. The molecule has 0 aromatic rings. The lowest BCUT2D eigenvalue weighted by Crippen LogP contribution is -2.52. The third-order valence-electron chi connectivity index (χ3n) is 4.70. The lowest BCUT2D eigenvalue weighted by Gasteiger charge is -2.44. The van der Waals surface area contributed by atoms with Crippen molar-refractivity contribution in [2.24, 2.45) is 10.8 Å². The van der Waals surface area contributed by atoms with Gasteiger partial charge in [0.05, 0.1) is 25.4 Å². The van der Waals surface area contributed by atoms with Crippen molar-refractivity contribution < 1.29 is 25.2 Å². The molecule has 4 N–H and O–H groups in total. The monoisotopic (exact) mass is 334 g/mol. The largest absolute Gasteiger partial charge is 0.394 e. The minimum atomic E-state index is -1.03. The van der Waals surface area contributed by atoms with Crippen LogP contribution in [-0.4, -0.2) is 58.1 Å². The molecule has 0 amide bonds. The van der Waals surface area contributed by atoms with Gasteiger partial charge in [0.2, 0.25) is 0 Å². The summed E-state index contributed by atoms with van der Waals surface area (Å²) in [7, 11) is 0. The second-order valence-electron chi connectivity index (χ2n) is 7.95. The summed E-state index contributed by atoms with van der Waals surface area (Å²) in [6.45, 7) is 11.3. The van der Waals surface area contributed by atoms with Crippen LogP contribution < -0.4 is 0 Å². The Balaban J connectivity index is 5.51. The molecule has 0 fully saturated rings. The Kier molecular flexibility index (Phi) is 9.86. The highest BCUT2D eigenvalue weighted by molar-refractivity contribution is 4.91. The molecule has 0 radical (unpaired) electrons. The summed E-state index contributed by atoms with van der Waals surface area (Å²) in [6, 6.07) is 0. The van der Waals surface area contributed by atoms with Crippen molar-refractivity contribution in [3.8, 4) is 0 Å². The molecule has 0 saturated carbocycles. The van der Waals surface area contributed by atoms with E-state index >= 15 is 0 Å². The summed E-state index contributed by atoms with van der Waals surface area (Å²) in [4.78, 5) is 0. The van der Waals surface area contributed by atoms with Crippen molar-refractivity contribution in [2.45, 2.75) is 91.6 Å². The van der Waals surface area contributed by atoms with E-state index in [1.807, 2.05) is 27.7 Å². The van der Waals surface area contributed by atoms with Gasteiger partial charge in [-0.25, -0.2) is 0 Å². The summed E-state index contributed by atoms with van der Waals surface area (Å²) in [5, 5.41) is 39.3. The van der Waals surface area contributed by atoms with Gasteiger partial charge >= 0.3 is 0 Å². The lowest BCUT2D eigenvalue weighted by molar-refractivity contribution is -0.200. The molecule has 0 aromatic heterocycles. The molecule has 0 spiro atoms. The average Bonchev–Trinajstić information content (AvgIpc) is 2.45. The van der Waals surface area contributed by atoms with E-state index in [9.17, 15) is 20.4 Å². The fourth-order valence-corrected chi connectivity index (χ4v) is 3.51. The van der Waals surface area contributed by atoms with E-state index in [0.29, 0.717) is 0 Å². The molecule has 0 heterocycles. The Morgan fingerprint density at radius 1 is 0.739 bits per heavy atom. The maximum absolute atomic E-state index is 10.3. The minimum Gasteiger partial charge on any atom is -0.394 e. The quantitative estimate of drug-likeness (QED) is 0.439. The van der Waals surface area contributed by atoms with Gasteiger partial charge < -0.3 is 25.2 Å². The number of aliphatic hydroxyl groups is 4. The fourth-order valence-electron chi connectivity index (χ4n) is 3.51. The Morgan fingerprint density at radius 3 is 1.26 bits per heavy atom. The first-order chi connectivity index (χ1) is 10.6. The van der Waals surface area contributed by atoms with E-state index in [1.54, 1.807) is 0 Å². The van der Waals surface area contributed by atoms with Crippen LogP contribution in [0.15, 0.2) is 0 Å². The Bertz CT molecular complexity index is 287. The van der Waals surface area contributed by atoms with Gasteiger partial charge in [0.25, 0.3) is 0 Å². The van der Waals surface area contributed by atoms with Gasteiger partial charge in [0, 0.05) is 0 Å². The van der Waals surface area contributed by atoms with Crippen LogP contribution in [0.3, 0.4) is 0 Å². The van der Waals surface area contributed by atoms with Crippen molar-refractivity contribution in [1.29, 1.82) is 0 Å². The first-order valence-corrected chi connectivity index (χ1v) is 8.80. The van der Waals surface area contributed by atoms with E-state index in [1.165, 1.54) is 0 Å². The number of hydrogen-bond acceptors (Lipinski definition) is 5. The number of hydrogen-bond donors (Lipinski definition) is 4. The molecule has 0 aliphatic carbocycles. The third kappa shape index (κ3) is 6.67. The zero-order valence-corrected chi connectivity index (χ0v) is 15.7. The zero-order valence-electron chi connectivity index (χ0n) is 15.7. The zero-order chi connectivity index (χ0) is 18.3. The molecule has 4 unspecified atom stereocenters. The Morgan fingerprint density at radius 2 is 1.04 bits per heavy atom. The molecule has 5 heteroatoms. The van der Waals surface area contributed by atoms with Gasteiger partial charge in [-0.15, -0.1) is 0 Å². The summed E-state index contributed by atoms with van der Waals surface area (Å²) in [6.07, 6.45) is 0.220. The van der Waals surface area contributed by atoms with Crippen LogP contribution in [0.4, 0.5) is 0 Å². The van der Waals surface area contributed by atoms with E-state index in [-0.39, 0.29) is 10.8 Å². The maximum atomic E-state index is 10.3. The highest BCUT2D eigenvalue weighted by Crippen LogP contribution is 2.38. The second kappa shape index (κ2) is 9.94. The third-order valence-corrected chi connectivity index (χ3v) is 4.70. The summed E-state index contributed by atoms with van der Waals surface area (Å²) in [5.41, 5.74) is -0.709. The van der Waals surface area contributed by atoms with Crippen LogP contribution in [0.25, 0.3) is 0 Å². The van der Waals surface area contributed by atoms with E-state index < -0.39 is 37.6 Å². The topological polar surface area (TPSA) is 90.2 Å². The molecule has 4 atom stereocenters. The van der Waals surface area contributed by atoms with Crippen molar-refractivity contribution >= 4 is 0 Å². The van der Waals surface area contributed by atoms with E-state index in [4.69, 9.17) is 4.74 Å². The first kappa shape index (κ1) is 22.8. The van der Waals surface area contributed by atoms with Crippen molar-refractivity contribution in [3.05, 3.63) is 0 Å². The van der Waals surface area contributed by atoms with Gasteiger partial charge in [-0.1, -0.05) is 54.4 Å². The highest BCUT2D eigenvalue weighted by Gasteiger charge is 2.42. The molecule has 0 aromatic carbocycles. The highest BCUT2D eigenvalue weighted by atomic mass is 16.5. The van der Waals surface area contributed by atoms with Crippen LogP contribution in [-0.2, 0) is 4.74 Å². The van der Waals surface area contributed by atoms with Crippen LogP contribution in [0.5, 0.6) is 0 Å². The number of aliphatic hydroxyl groups excluding tert-OH is 4. The molecule has 0 saturated heterocycles. The standard InChI is InChI=1S/C18H38O5/c1-7-9-17(3,4)15(13(21)11-19)23-16(14(22)12-20)18(5,6)10-8-2/h13-16,19-22H,7-12H2,1-6H3. The molecular weight excluding hydrogens is 296 g/mol. The van der Waals surface area contributed by atoms with Crippen molar-refractivity contribution in [2.75, 3.05) is 13.2 Å². The van der Waals surface area contributed by atoms with Crippen LogP contribution >= 0.6 is 0 Å². The summed E-state index contributed by atoms with van der Waals surface area (Å²) >= 11 is 0. The van der Waals surface area contributed by atoms with Gasteiger partial charge in [0.1, 0.15) is 12.2 Å².